The minimum absolute atomic E-state index is 0.362. The Hall–Kier alpha value is -3.03. The quantitative estimate of drug-likeness (QED) is 0.285. The van der Waals surface area contributed by atoms with Gasteiger partial charge in [-0.3, -0.25) is 10.3 Å². The van der Waals surface area contributed by atoms with Crippen molar-refractivity contribution in [2.75, 3.05) is 17.2 Å². The number of anilines is 2. The van der Waals surface area contributed by atoms with Crippen molar-refractivity contribution in [1.29, 1.82) is 0 Å². The van der Waals surface area contributed by atoms with Gasteiger partial charge in [-0.2, -0.15) is 0 Å². The molecule has 0 fully saturated rings. The average Bonchev–Trinajstić information content (AvgIpc) is 2.70. The van der Waals surface area contributed by atoms with Crippen LogP contribution in [0, 0.1) is 20.8 Å². The molecule has 0 unspecified atom stereocenters. The van der Waals surface area contributed by atoms with Crippen LogP contribution in [0.15, 0.2) is 59.6 Å². The van der Waals surface area contributed by atoms with Crippen molar-refractivity contribution in [3.8, 4) is 0 Å². The van der Waals surface area contributed by atoms with E-state index in [9.17, 15) is 0 Å². The van der Waals surface area contributed by atoms with Gasteiger partial charge in [0.1, 0.15) is 0 Å². The van der Waals surface area contributed by atoms with E-state index in [1.54, 1.807) is 0 Å². The summed E-state index contributed by atoms with van der Waals surface area (Å²) in [7, 11) is 0. The monoisotopic (exact) mass is 452 g/mol. The summed E-state index contributed by atoms with van der Waals surface area (Å²) in [6, 6.07) is 17.8. The molecule has 31 heavy (non-hydrogen) atoms. The molecular formula is C23H25ClN6S. The van der Waals surface area contributed by atoms with Gasteiger partial charge in [0, 0.05) is 17.9 Å². The van der Waals surface area contributed by atoms with Crippen molar-refractivity contribution in [1.82, 2.24) is 15.3 Å². The van der Waals surface area contributed by atoms with Crippen LogP contribution in [-0.4, -0.2) is 27.6 Å². The SMILES string of the molecule is Cc1ccc(NC(=S)NC(=NCCc2ccccc2)Nc2nc(C)cc(C)n2)c(Cl)c1. The molecule has 2 aromatic carbocycles. The van der Waals surface area contributed by atoms with Gasteiger partial charge in [0.05, 0.1) is 10.7 Å². The van der Waals surface area contributed by atoms with E-state index >= 15 is 0 Å². The molecule has 0 atom stereocenters. The van der Waals surface area contributed by atoms with Gasteiger partial charge in [-0.15, -0.1) is 0 Å². The number of thiocarbonyl (C=S) groups is 1. The molecule has 0 saturated heterocycles. The molecule has 1 aromatic heterocycles. The van der Waals surface area contributed by atoms with Crippen molar-refractivity contribution in [3.63, 3.8) is 0 Å². The number of aromatic nitrogens is 2. The number of hydrogen-bond donors (Lipinski definition) is 3. The summed E-state index contributed by atoms with van der Waals surface area (Å²) in [6.45, 7) is 6.39. The van der Waals surface area contributed by atoms with Crippen LogP contribution in [0.25, 0.3) is 0 Å². The topological polar surface area (TPSA) is 74.2 Å². The van der Waals surface area contributed by atoms with E-state index in [-0.39, 0.29) is 0 Å². The van der Waals surface area contributed by atoms with Gasteiger partial charge < -0.3 is 10.6 Å². The first-order chi connectivity index (χ1) is 14.9. The van der Waals surface area contributed by atoms with Gasteiger partial charge in [0.25, 0.3) is 0 Å². The summed E-state index contributed by atoms with van der Waals surface area (Å²) in [6.07, 6.45) is 0.797. The predicted octanol–water partition coefficient (Wildman–Crippen LogP) is 5.05. The molecule has 3 rings (SSSR count). The first kappa shape index (κ1) is 22.7. The van der Waals surface area contributed by atoms with Gasteiger partial charge in [-0.1, -0.05) is 48.0 Å². The molecule has 3 aromatic rings. The van der Waals surface area contributed by atoms with Crippen LogP contribution in [0.2, 0.25) is 5.02 Å². The molecule has 0 aliphatic carbocycles. The van der Waals surface area contributed by atoms with E-state index in [0.29, 0.717) is 28.6 Å². The smallest absolute Gasteiger partial charge is 0.229 e. The van der Waals surface area contributed by atoms with Gasteiger partial charge in [0.15, 0.2) is 5.11 Å². The molecule has 0 aliphatic rings. The number of nitrogens with one attached hydrogen (secondary N) is 3. The molecule has 0 spiro atoms. The molecule has 0 radical (unpaired) electrons. The predicted molar refractivity (Wildman–Crippen MR) is 133 cm³/mol. The van der Waals surface area contributed by atoms with Crippen molar-refractivity contribution < 1.29 is 0 Å². The number of rotatable bonds is 5. The molecule has 1 heterocycles. The number of benzene rings is 2. The highest BCUT2D eigenvalue weighted by atomic mass is 35.5. The highest BCUT2D eigenvalue weighted by molar-refractivity contribution is 7.80. The Kier molecular flexibility index (Phi) is 7.92. The summed E-state index contributed by atoms with van der Waals surface area (Å²) in [4.78, 5) is 13.5. The third-order valence-electron chi connectivity index (χ3n) is 4.33. The number of nitrogens with zero attached hydrogens (tertiary/aromatic N) is 3. The van der Waals surface area contributed by atoms with Crippen LogP contribution in [-0.2, 0) is 6.42 Å². The second-order valence-electron chi connectivity index (χ2n) is 7.13. The number of guanidine groups is 1. The average molecular weight is 453 g/mol. The van der Waals surface area contributed by atoms with Gasteiger partial charge in [0.2, 0.25) is 11.9 Å². The van der Waals surface area contributed by atoms with E-state index in [2.05, 4.69) is 43.0 Å². The number of hydrogen-bond acceptors (Lipinski definition) is 4. The van der Waals surface area contributed by atoms with E-state index in [0.717, 1.165) is 29.1 Å². The van der Waals surface area contributed by atoms with E-state index in [4.69, 9.17) is 23.8 Å². The lowest BCUT2D eigenvalue weighted by Gasteiger charge is -2.15. The van der Waals surface area contributed by atoms with E-state index < -0.39 is 0 Å². The van der Waals surface area contributed by atoms with Crippen molar-refractivity contribution in [2.45, 2.75) is 27.2 Å². The molecule has 0 bridgehead atoms. The Morgan fingerprint density at radius 1 is 0.968 bits per heavy atom. The third-order valence-corrected chi connectivity index (χ3v) is 4.85. The van der Waals surface area contributed by atoms with Crippen LogP contribution < -0.4 is 16.0 Å². The normalized spacial score (nSPS) is 11.2. The fraction of sp³-hybridized carbons (Fsp3) is 0.217. The molecule has 3 N–H and O–H groups in total. The van der Waals surface area contributed by atoms with Crippen LogP contribution in [0.3, 0.4) is 0 Å². The Morgan fingerprint density at radius 3 is 2.35 bits per heavy atom. The zero-order valence-corrected chi connectivity index (χ0v) is 19.3. The third kappa shape index (κ3) is 7.31. The summed E-state index contributed by atoms with van der Waals surface area (Å²) in [5, 5.41) is 10.3. The summed E-state index contributed by atoms with van der Waals surface area (Å²) in [5.41, 5.74) is 4.74. The number of aliphatic imine (C=N–C) groups is 1. The maximum absolute atomic E-state index is 6.31. The second-order valence-corrected chi connectivity index (χ2v) is 7.94. The Bertz CT molecular complexity index is 1060. The van der Waals surface area contributed by atoms with Crippen molar-refractivity contribution >= 4 is 46.5 Å². The standard InChI is InChI=1S/C23H25ClN6S/c1-15-9-10-20(19(24)13-15)28-23(31)30-21(25-12-11-18-7-5-4-6-8-18)29-22-26-16(2)14-17(3)27-22/h4-10,13-14H,11-12H2,1-3H3,(H3,25,26,27,28,29,30,31). The largest absolute Gasteiger partial charge is 0.331 e. The summed E-state index contributed by atoms with van der Waals surface area (Å²) >= 11 is 11.8. The number of halogens is 1. The zero-order chi connectivity index (χ0) is 22.2. The minimum Gasteiger partial charge on any atom is -0.331 e. The van der Waals surface area contributed by atoms with Gasteiger partial charge >= 0.3 is 0 Å². The van der Waals surface area contributed by atoms with Crippen LogP contribution >= 0.6 is 23.8 Å². The molecule has 8 heteroatoms. The summed E-state index contributed by atoms with van der Waals surface area (Å²) in [5.74, 6) is 0.918. The first-order valence-electron chi connectivity index (χ1n) is 9.91. The highest BCUT2D eigenvalue weighted by Gasteiger charge is 2.09. The maximum atomic E-state index is 6.31. The lowest BCUT2D eigenvalue weighted by atomic mass is 10.2. The summed E-state index contributed by atoms with van der Waals surface area (Å²) < 4.78 is 0. The Morgan fingerprint density at radius 2 is 1.68 bits per heavy atom. The lowest BCUT2D eigenvalue weighted by Crippen LogP contribution is -2.39. The van der Waals surface area contributed by atoms with E-state index in [1.807, 2.05) is 63.2 Å². The molecule has 160 valence electrons. The fourth-order valence-electron chi connectivity index (χ4n) is 2.92. The second kappa shape index (κ2) is 10.8. The molecule has 0 saturated carbocycles. The molecular weight excluding hydrogens is 428 g/mol. The Labute approximate surface area is 193 Å². The van der Waals surface area contributed by atoms with Crippen molar-refractivity contribution in [3.05, 3.63) is 82.1 Å². The lowest BCUT2D eigenvalue weighted by molar-refractivity contribution is 0.956. The molecule has 0 amide bonds. The highest BCUT2D eigenvalue weighted by Crippen LogP contribution is 2.22. The zero-order valence-electron chi connectivity index (χ0n) is 17.7. The maximum Gasteiger partial charge on any atom is 0.229 e. The first-order valence-corrected chi connectivity index (χ1v) is 10.7. The fourth-order valence-corrected chi connectivity index (χ4v) is 3.41. The van der Waals surface area contributed by atoms with Crippen LogP contribution in [0.1, 0.15) is 22.5 Å². The number of aryl methyl sites for hydroxylation is 3. The van der Waals surface area contributed by atoms with Crippen LogP contribution in [0.4, 0.5) is 11.6 Å². The van der Waals surface area contributed by atoms with Gasteiger partial charge in [-0.25, -0.2) is 9.97 Å². The molecule has 0 aliphatic heterocycles. The molecule has 6 nitrogen and oxygen atoms in total. The van der Waals surface area contributed by atoms with Gasteiger partial charge in [-0.05, 0) is 68.7 Å². The minimum atomic E-state index is 0.362. The van der Waals surface area contributed by atoms with E-state index in [1.165, 1.54) is 5.56 Å². The van der Waals surface area contributed by atoms with Crippen LogP contribution in [0.5, 0.6) is 0 Å². The van der Waals surface area contributed by atoms with Crippen molar-refractivity contribution in [2.24, 2.45) is 4.99 Å². The Balaban J connectivity index is 1.73.